The van der Waals surface area contributed by atoms with Gasteiger partial charge in [-0.15, -0.1) is 0 Å². The Kier molecular flexibility index (Phi) is 3.39. The molecule has 1 aromatic heterocycles. The molecule has 4 nitrogen and oxygen atoms in total. The summed E-state index contributed by atoms with van der Waals surface area (Å²) in [6, 6.07) is 5.74. The SMILES string of the molecule is CCOC(=O)C=Cc1cccc2sc(N)nc12. The molecule has 0 saturated carbocycles. The minimum absolute atomic E-state index is 0.354. The van der Waals surface area contributed by atoms with E-state index in [9.17, 15) is 4.79 Å². The molecule has 17 heavy (non-hydrogen) atoms. The second-order valence-corrected chi connectivity index (χ2v) is 4.39. The molecule has 0 fully saturated rings. The Labute approximate surface area is 103 Å². The molecular weight excluding hydrogens is 236 g/mol. The number of nitrogens with zero attached hydrogens (tertiary/aromatic N) is 1. The summed E-state index contributed by atoms with van der Waals surface area (Å²) in [5, 5.41) is 0.525. The van der Waals surface area contributed by atoms with E-state index >= 15 is 0 Å². The lowest BCUT2D eigenvalue weighted by atomic mass is 10.2. The van der Waals surface area contributed by atoms with E-state index in [-0.39, 0.29) is 5.97 Å². The number of anilines is 1. The van der Waals surface area contributed by atoms with Gasteiger partial charge in [-0.2, -0.15) is 0 Å². The van der Waals surface area contributed by atoms with Crippen LogP contribution in [-0.4, -0.2) is 17.6 Å². The molecule has 0 aliphatic rings. The molecule has 0 aliphatic carbocycles. The molecule has 0 bridgehead atoms. The van der Waals surface area contributed by atoms with E-state index < -0.39 is 0 Å². The second kappa shape index (κ2) is 4.97. The first-order valence-corrected chi connectivity index (χ1v) is 6.02. The highest BCUT2D eigenvalue weighted by molar-refractivity contribution is 7.22. The van der Waals surface area contributed by atoms with Gasteiger partial charge in [-0.05, 0) is 19.1 Å². The third-order valence-corrected chi connectivity index (χ3v) is 3.00. The van der Waals surface area contributed by atoms with Crippen molar-refractivity contribution < 1.29 is 9.53 Å². The summed E-state index contributed by atoms with van der Waals surface area (Å²) in [6.07, 6.45) is 3.09. The van der Waals surface area contributed by atoms with Gasteiger partial charge in [0, 0.05) is 11.6 Å². The fraction of sp³-hybridized carbons (Fsp3) is 0.167. The number of esters is 1. The van der Waals surface area contributed by atoms with Crippen LogP contribution in [0.2, 0.25) is 0 Å². The number of ether oxygens (including phenoxy) is 1. The largest absolute Gasteiger partial charge is 0.463 e. The van der Waals surface area contributed by atoms with Gasteiger partial charge in [-0.3, -0.25) is 0 Å². The average molecular weight is 248 g/mol. The van der Waals surface area contributed by atoms with Crippen LogP contribution >= 0.6 is 11.3 Å². The average Bonchev–Trinajstić information content (AvgIpc) is 2.67. The molecule has 88 valence electrons. The van der Waals surface area contributed by atoms with E-state index in [1.54, 1.807) is 13.0 Å². The zero-order valence-corrected chi connectivity index (χ0v) is 10.2. The van der Waals surface area contributed by atoms with E-state index in [0.29, 0.717) is 11.7 Å². The predicted molar refractivity (Wildman–Crippen MR) is 69.7 cm³/mol. The van der Waals surface area contributed by atoms with Crippen LogP contribution in [0.4, 0.5) is 5.13 Å². The fourth-order valence-corrected chi connectivity index (χ4v) is 2.24. The van der Waals surface area contributed by atoms with Crippen LogP contribution in [0.5, 0.6) is 0 Å². The molecular formula is C12H12N2O2S. The van der Waals surface area contributed by atoms with Crippen molar-refractivity contribution in [2.75, 3.05) is 12.3 Å². The maximum Gasteiger partial charge on any atom is 0.330 e. The topological polar surface area (TPSA) is 65.2 Å². The Morgan fingerprint density at radius 1 is 1.59 bits per heavy atom. The van der Waals surface area contributed by atoms with Crippen molar-refractivity contribution in [3.05, 3.63) is 29.8 Å². The Morgan fingerprint density at radius 2 is 2.41 bits per heavy atom. The van der Waals surface area contributed by atoms with Crippen molar-refractivity contribution in [1.29, 1.82) is 0 Å². The molecule has 0 spiro atoms. The summed E-state index contributed by atoms with van der Waals surface area (Å²) < 4.78 is 5.82. The third kappa shape index (κ3) is 2.62. The van der Waals surface area contributed by atoms with Crippen molar-refractivity contribution in [1.82, 2.24) is 4.98 Å². The number of carbonyl (C=O) groups excluding carboxylic acids is 1. The highest BCUT2D eigenvalue weighted by atomic mass is 32.1. The van der Waals surface area contributed by atoms with Crippen LogP contribution in [0.15, 0.2) is 24.3 Å². The molecule has 5 heteroatoms. The van der Waals surface area contributed by atoms with Crippen molar-refractivity contribution in [3.8, 4) is 0 Å². The summed E-state index contributed by atoms with van der Waals surface area (Å²) in [4.78, 5) is 15.4. The van der Waals surface area contributed by atoms with Crippen LogP contribution in [0.25, 0.3) is 16.3 Å². The van der Waals surface area contributed by atoms with Crippen LogP contribution in [0.1, 0.15) is 12.5 Å². The Bertz CT molecular complexity index is 575. The number of aromatic nitrogens is 1. The highest BCUT2D eigenvalue weighted by Crippen LogP contribution is 2.26. The molecule has 0 unspecified atom stereocenters. The van der Waals surface area contributed by atoms with Crippen LogP contribution < -0.4 is 5.73 Å². The van der Waals surface area contributed by atoms with Crippen molar-refractivity contribution in [3.63, 3.8) is 0 Å². The molecule has 1 aromatic carbocycles. The third-order valence-electron chi connectivity index (χ3n) is 2.15. The van der Waals surface area contributed by atoms with Gasteiger partial charge in [0.15, 0.2) is 5.13 Å². The van der Waals surface area contributed by atoms with E-state index in [1.165, 1.54) is 17.4 Å². The minimum atomic E-state index is -0.354. The first kappa shape index (κ1) is 11.6. The molecule has 2 rings (SSSR count). The maximum atomic E-state index is 11.2. The monoisotopic (exact) mass is 248 g/mol. The van der Waals surface area contributed by atoms with Gasteiger partial charge in [-0.1, -0.05) is 23.5 Å². The van der Waals surface area contributed by atoms with Crippen LogP contribution in [0.3, 0.4) is 0 Å². The van der Waals surface area contributed by atoms with Gasteiger partial charge >= 0.3 is 5.97 Å². The quantitative estimate of drug-likeness (QED) is 0.669. The lowest BCUT2D eigenvalue weighted by Crippen LogP contribution is -1.98. The first-order chi connectivity index (χ1) is 8.20. The summed E-state index contributed by atoms with van der Waals surface area (Å²) in [7, 11) is 0. The minimum Gasteiger partial charge on any atom is -0.463 e. The number of benzene rings is 1. The first-order valence-electron chi connectivity index (χ1n) is 5.20. The smallest absolute Gasteiger partial charge is 0.330 e. The predicted octanol–water partition coefficient (Wildman–Crippen LogP) is 2.45. The van der Waals surface area contributed by atoms with E-state index in [0.717, 1.165) is 15.8 Å². The summed E-state index contributed by atoms with van der Waals surface area (Å²) >= 11 is 1.43. The van der Waals surface area contributed by atoms with E-state index in [2.05, 4.69) is 4.98 Å². The number of rotatable bonds is 3. The molecule has 2 N–H and O–H groups in total. The summed E-state index contributed by atoms with van der Waals surface area (Å²) in [5.74, 6) is -0.354. The van der Waals surface area contributed by atoms with E-state index in [4.69, 9.17) is 10.5 Å². The number of hydrogen-bond donors (Lipinski definition) is 1. The maximum absolute atomic E-state index is 11.2. The number of thiazole rings is 1. The second-order valence-electron chi connectivity index (χ2n) is 3.33. The van der Waals surface area contributed by atoms with Crippen molar-refractivity contribution >= 4 is 38.7 Å². The number of nitrogens with two attached hydrogens (primary N) is 1. The zero-order chi connectivity index (χ0) is 12.3. The van der Waals surface area contributed by atoms with Gasteiger partial charge < -0.3 is 10.5 Å². The molecule has 2 aromatic rings. The Morgan fingerprint density at radius 3 is 3.18 bits per heavy atom. The van der Waals surface area contributed by atoms with Gasteiger partial charge in [-0.25, -0.2) is 9.78 Å². The van der Waals surface area contributed by atoms with Crippen molar-refractivity contribution in [2.24, 2.45) is 0 Å². The van der Waals surface area contributed by atoms with Crippen molar-refractivity contribution in [2.45, 2.75) is 6.92 Å². The molecule has 0 amide bonds. The number of para-hydroxylation sites is 1. The number of fused-ring (bicyclic) bond motifs is 1. The summed E-state index contributed by atoms with van der Waals surface area (Å²) in [6.45, 7) is 2.14. The standard InChI is InChI=1S/C12H12N2O2S/c1-2-16-10(15)7-6-8-4-3-5-9-11(8)14-12(13)17-9/h3-7H,2H2,1H3,(H2,13,14). The van der Waals surface area contributed by atoms with Gasteiger partial charge in [0.1, 0.15) is 0 Å². The Balaban J connectivity index is 2.32. The lowest BCUT2D eigenvalue weighted by molar-refractivity contribution is -0.137. The van der Waals surface area contributed by atoms with Crippen LogP contribution in [-0.2, 0) is 9.53 Å². The van der Waals surface area contributed by atoms with Crippen LogP contribution in [0, 0.1) is 0 Å². The normalized spacial score (nSPS) is 11.1. The lowest BCUT2D eigenvalue weighted by Gasteiger charge is -1.96. The molecule has 0 atom stereocenters. The fourth-order valence-electron chi connectivity index (χ4n) is 1.47. The van der Waals surface area contributed by atoms with E-state index in [1.807, 2.05) is 18.2 Å². The molecule has 0 radical (unpaired) electrons. The van der Waals surface area contributed by atoms with Gasteiger partial charge in [0.25, 0.3) is 0 Å². The number of hydrogen-bond acceptors (Lipinski definition) is 5. The Hall–Kier alpha value is -1.88. The molecule has 1 heterocycles. The summed E-state index contributed by atoms with van der Waals surface area (Å²) in [5.41, 5.74) is 7.33. The van der Waals surface area contributed by atoms with Gasteiger partial charge in [0.2, 0.25) is 0 Å². The van der Waals surface area contributed by atoms with Gasteiger partial charge in [0.05, 0.1) is 16.8 Å². The molecule has 0 saturated heterocycles. The number of nitrogen functional groups attached to an aromatic ring is 1. The molecule has 0 aliphatic heterocycles. The zero-order valence-electron chi connectivity index (χ0n) is 9.34. The highest BCUT2D eigenvalue weighted by Gasteiger charge is 2.04. The number of carbonyl (C=O) groups is 1.